The Kier molecular flexibility index (Phi) is 6.32. The predicted octanol–water partition coefficient (Wildman–Crippen LogP) is 3.03. The van der Waals surface area contributed by atoms with Crippen molar-refractivity contribution in [3.05, 3.63) is 17.5 Å². The molecule has 1 aromatic rings. The first kappa shape index (κ1) is 18.8. The van der Waals surface area contributed by atoms with Crippen molar-refractivity contribution in [1.82, 2.24) is 19.6 Å². The van der Waals surface area contributed by atoms with Crippen molar-refractivity contribution in [2.45, 2.75) is 53.1 Å². The van der Waals surface area contributed by atoms with Gasteiger partial charge in [0.1, 0.15) is 0 Å². The van der Waals surface area contributed by atoms with Gasteiger partial charge in [-0.3, -0.25) is 14.4 Å². The van der Waals surface area contributed by atoms with Gasteiger partial charge in [0.25, 0.3) is 12.3 Å². The summed E-state index contributed by atoms with van der Waals surface area (Å²) in [5.74, 6) is -0.102. The van der Waals surface area contributed by atoms with Gasteiger partial charge >= 0.3 is 0 Å². The maximum absolute atomic E-state index is 13.3. The second kappa shape index (κ2) is 8.05. The zero-order valence-electron chi connectivity index (χ0n) is 15.0. The van der Waals surface area contributed by atoms with Gasteiger partial charge in [0.05, 0.1) is 5.56 Å². The van der Waals surface area contributed by atoms with E-state index in [0.717, 1.165) is 19.5 Å². The molecule has 0 atom stereocenters. The number of halogens is 2. The molecule has 0 unspecified atom stereocenters. The van der Waals surface area contributed by atoms with Crippen molar-refractivity contribution in [2.75, 3.05) is 26.2 Å². The van der Waals surface area contributed by atoms with Gasteiger partial charge in [0, 0.05) is 45.0 Å². The van der Waals surface area contributed by atoms with E-state index in [2.05, 4.69) is 23.8 Å². The fraction of sp³-hybridized carbons (Fsp3) is 0.765. The minimum atomic E-state index is -2.69. The lowest BCUT2D eigenvalue weighted by Gasteiger charge is -2.24. The summed E-state index contributed by atoms with van der Waals surface area (Å²) in [6.07, 6.45) is -0.527. The van der Waals surface area contributed by atoms with Gasteiger partial charge in [-0.15, -0.1) is 0 Å². The monoisotopic (exact) mass is 342 g/mol. The number of hydrogen-bond donors (Lipinski definition) is 0. The van der Waals surface area contributed by atoms with Crippen LogP contribution in [-0.4, -0.2) is 57.7 Å². The smallest absolute Gasteiger partial charge is 0.274 e. The van der Waals surface area contributed by atoms with Crippen molar-refractivity contribution in [3.63, 3.8) is 0 Å². The van der Waals surface area contributed by atoms with Gasteiger partial charge in [0.15, 0.2) is 5.69 Å². The van der Waals surface area contributed by atoms with E-state index >= 15 is 0 Å². The molecule has 1 aliphatic rings. The van der Waals surface area contributed by atoms with E-state index < -0.39 is 6.43 Å². The number of rotatable bonds is 5. The van der Waals surface area contributed by atoms with Crippen molar-refractivity contribution in [2.24, 2.45) is 5.92 Å². The average Bonchev–Trinajstić information content (AvgIpc) is 2.75. The van der Waals surface area contributed by atoms with Gasteiger partial charge in [-0.05, 0) is 26.2 Å². The normalized spacial score (nSPS) is 17.1. The SMILES string of the molecule is CC(C)Cn1cc(C(F)F)c(C(=O)N2CCCN(C(C)C)CC2)n1. The molecule has 5 nitrogen and oxygen atoms in total. The third-order valence-electron chi connectivity index (χ3n) is 4.33. The van der Waals surface area contributed by atoms with E-state index in [0.29, 0.717) is 25.7 Å². The molecule has 1 aromatic heterocycles. The minimum absolute atomic E-state index is 0.0938. The van der Waals surface area contributed by atoms with Crippen LogP contribution in [0.4, 0.5) is 8.78 Å². The highest BCUT2D eigenvalue weighted by atomic mass is 19.3. The number of aromatic nitrogens is 2. The van der Waals surface area contributed by atoms with Crippen LogP contribution in [0.25, 0.3) is 0 Å². The third-order valence-corrected chi connectivity index (χ3v) is 4.33. The Bertz CT molecular complexity index is 557. The number of carbonyl (C=O) groups excluding carboxylic acids is 1. The Hall–Kier alpha value is -1.50. The highest BCUT2D eigenvalue weighted by molar-refractivity contribution is 5.93. The summed E-state index contributed by atoms with van der Waals surface area (Å²) in [5, 5.41) is 4.16. The maximum atomic E-state index is 13.3. The number of alkyl halides is 2. The first-order valence-corrected chi connectivity index (χ1v) is 8.68. The molecule has 0 N–H and O–H groups in total. The summed E-state index contributed by atoms with van der Waals surface area (Å²) in [5.41, 5.74) is -0.353. The molecule has 2 heterocycles. The van der Waals surface area contributed by atoms with E-state index in [1.807, 2.05) is 13.8 Å². The van der Waals surface area contributed by atoms with Crippen molar-refractivity contribution in [3.8, 4) is 0 Å². The molecule has 2 rings (SSSR count). The van der Waals surface area contributed by atoms with Crippen LogP contribution in [0.2, 0.25) is 0 Å². The fourth-order valence-electron chi connectivity index (χ4n) is 3.04. The minimum Gasteiger partial charge on any atom is -0.336 e. The zero-order chi connectivity index (χ0) is 17.9. The molecule has 0 aromatic carbocycles. The van der Waals surface area contributed by atoms with E-state index in [4.69, 9.17) is 0 Å². The van der Waals surface area contributed by atoms with Gasteiger partial charge in [0.2, 0.25) is 0 Å². The molecule has 0 saturated carbocycles. The first-order valence-electron chi connectivity index (χ1n) is 8.68. The molecule has 1 saturated heterocycles. The average molecular weight is 342 g/mol. The Labute approximate surface area is 142 Å². The molecule has 7 heteroatoms. The summed E-state index contributed by atoms with van der Waals surface area (Å²) in [4.78, 5) is 16.7. The topological polar surface area (TPSA) is 41.4 Å². The van der Waals surface area contributed by atoms with Gasteiger partial charge in [-0.2, -0.15) is 5.10 Å². The van der Waals surface area contributed by atoms with Crippen LogP contribution in [0, 0.1) is 5.92 Å². The lowest BCUT2D eigenvalue weighted by molar-refractivity contribution is 0.0740. The second-order valence-electron chi connectivity index (χ2n) is 7.13. The Morgan fingerprint density at radius 1 is 1.17 bits per heavy atom. The van der Waals surface area contributed by atoms with Crippen molar-refractivity contribution < 1.29 is 13.6 Å². The molecule has 1 amide bonds. The largest absolute Gasteiger partial charge is 0.336 e. The molecule has 0 bridgehead atoms. The molecule has 0 spiro atoms. The maximum Gasteiger partial charge on any atom is 0.274 e. The molecule has 1 fully saturated rings. The lowest BCUT2D eigenvalue weighted by Crippen LogP contribution is -2.37. The van der Waals surface area contributed by atoms with Crippen molar-refractivity contribution in [1.29, 1.82) is 0 Å². The highest BCUT2D eigenvalue weighted by Crippen LogP contribution is 2.24. The van der Waals surface area contributed by atoms with Crippen LogP contribution in [0.15, 0.2) is 6.20 Å². The van der Waals surface area contributed by atoms with Crippen LogP contribution >= 0.6 is 0 Å². The van der Waals surface area contributed by atoms with Gasteiger partial charge in [-0.1, -0.05) is 13.8 Å². The number of carbonyl (C=O) groups is 1. The summed E-state index contributed by atoms with van der Waals surface area (Å²) >= 11 is 0. The molecular weight excluding hydrogens is 314 g/mol. The zero-order valence-corrected chi connectivity index (χ0v) is 15.0. The molecule has 24 heavy (non-hydrogen) atoms. The standard InChI is InChI=1S/C17H28F2N4O/c1-12(2)10-23-11-14(16(18)19)15(20-23)17(24)22-7-5-6-21(8-9-22)13(3)4/h11-13,16H,5-10H2,1-4H3. The van der Waals surface area contributed by atoms with Crippen LogP contribution in [0.3, 0.4) is 0 Å². The summed E-state index contributed by atoms with van der Waals surface area (Å²) in [6.45, 7) is 11.6. The first-order chi connectivity index (χ1) is 11.3. The van der Waals surface area contributed by atoms with Crippen LogP contribution in [0.5, 0.6) is 0 Å². The highest BCUT2D eigenvalue weighted by Gasteiger charge is 2.28. The fourth-order valence-corrected chi connectivity index (χ4v) is 3.04. The van der Waals surface area contributed by atoms with Crippen LogP contribution in [-0.2, 0) is 6.54 Å². The lowest BCUT2D eigenvalue weighted by atomic mass is 10.2. The predicted molar refractivity (Wildman–Crippen MR) is 89.3 cm³/mol. The van der Waals surface area contributed by atoms with Gasteiger partial charge in [-0.25, -0.2) is 8.78 Å². The molecule has 1 aliphatic heterocycles. The number of nitrogens with zero attached hydrogens (tertiary/aromatic N) is 4. The Morgan fingerprint density at radius 3 is 2.46 bits per heavy atom. The second-order valence-corrected chi connectivity index (χ2v) is 7.13. The summed E-state index contributed by atoms with van der Waals surface area (Å²) in [7, 11) is 0. The van der Waals surface area contributed by atoms with Gasteiger partial charge < -0.3 is 4.90 Å². The summed E-state index contributed by atoms with van der Waals surface area (Å²) < 4.78 is 28.1. The number of hydrogen-bond acceptors (Lipinski definition) is 3. The summed E-state index contributed by atoms with van der Waals surface area (Å²) in [6, 6.07) is 0.418. The third kappa shape index (κ3) is 4.53. The van der Waals surface area contributed by atoms with E-state index in [-0.39, 0.29) is 23.1 Å². The molecular formula is C17H28F2N4O. The number of amides is 1. The van der Waals surface area contributed by atoms with Crippen LogP contribution < -0.4 is 0 Å². The molecule has 0 aliphatic carbocycles. The molecule has 136 valence electrons. The van der Waals surface area contributed by atoms with E-state index in [9.17, 15) is 13.6 Å². The van der Waals surface area contributed by atoms with Crippen LogP contribution in [0.1, 0.15) is 56.6 Å². The van der Waals surface area contributed by atoms with Crippen molar-refractivity contribution >= 4 is 5.91 Å². The Balaban J connectivity index is 2.17. The quantitative estimate of drug-likeness (QED) is 0.826. The van der Waals surface area contributed by atoms with E-state index in [1.54, 1.807) is 4.90 Å². The molecule has 0 radical (unpaired) electrons. The van der Waals surface area contributed by atoms with E-state index in [1.165, 1.54) is 10.9 Å². The Morgan fingerprint density at radius 2 is 1.88 bits per heavy atom.